The van der Waals surface area contributed by atoms with E-state index >= 15 is 0 Å². The molecule has 2 aromatic rings. The molecule has 2 rings (SSSR count). The summed E-state index contributed by atoms with van der Waals surface area (Å²) in [5.41, 5.74) is 0.478. The zero-order valence-electron chi connectivity index (χ0n) is 13.7. The van der Waals surface area contributed by atoms with E-state index < -0.39 is 5.97 Å². The number of para-hydroxylation sites is 1. The number of carbonyl (C=O) groups excluding carboxylic acids is 2. The van der Waals surface area contributed by atoms with Crippen molar-refractivity contribution in [1.29, 1.82) is 0 Å². The van der Waals surface area contributed by atoms with Crippen molar-refractivity contribution in [3.05, 3.63) is 46.7 Å². The van der Waals surface area contributed by atoms with E-state index in [9.17, 15) is 9.59 Å². The van der Waals surface area contributed by atoms with Crippen molar-refractivity contribution >= 4 is 28.9 Å². The Morgan fingerprint density at radius 1 is 1.21 bits per heavy atom. The van der Waals surface area contributed by atoms with Gasteiger partial charge in [0.1, 0.15) is 17.2 Å². The average Bonchev–Trinajstić information content (AvgIpc) is 3.03. The SMILES string of the molecule is COC(=O)c1sccc1NC(=O)CN(C)CCOc1ccccc1. The number of anilines is 1. The standard InChI is InChI=1S/C17H20N2O4S/c1-19(9-10-23-13-6-4-3-5-7-13)12-15(20)18-14-8-11-24-16(14)17(21)22-2/h3-8,11H,9-10,12H2,1-2H3,(H,18,20). The van der Waals surface area contributed by atoms with Crippen LogP contribution in [0.1, 0.15) is 9.67 Å². The van der Waals surface area contributed by atoms with Gasteiger partial charge in [-0.05, 0) is 30.6 Å². The fraction of sp³-hybridized carbons (Fsp3) is 0.294. The minimum Gasteiger partial charge on any atom is -0.492 e. The molecule has 1 N–H and O–H groups in total. The molecule has 24 heavy (non-hydrogen) atoms. The summed E-state index contributed by atoms with van der Waals surface area (Å²) in [6.45, 7) is 1.30. The van der Waals surface area contributed by atoms with Crippen LogP contribution in [-0.4, -0.2) is 50.6 Å². The van der Waals surface area contributed by atoms with Gasteiger partial charge < -0.3 is 14.8 Å². The van der Waals surface area contributed by atoms with Crippen LogP contribution < -0.4 is 10.1 Å². The third-order valence-electron chi connectivity index (χ3n) is 3.21. The van der Waals surface area contributed by atoms with Crippen molar-refractivity contribution < 1.29 is 19.1 Å². The number of likely N-dealkylation sites (N-methyl/N-ethyl adjacent to an activating group) is 1. The van der Waals surface area contributed by atoms with Gasteiger partial charge in [-0.3, -0.25) is 9.69 Å². The minimum atomic E-state index is -0.454. The first-order valence-electron chi connectivity index (χ1n) is 7.42. The van der Waals surface area contributed by atoms with Crippen LogP contribution in [0.4, 0.5) is 5.69 Å². The maximum Gasteiger partial charge on any atom is 0.350 e. The molecule has 0 radical (unpaired) electrons. The number of hydrogen-bond donors (Lipinski definition) is 1. The lowest BCUT2D eigenvalue weighted by molar-refractivity contribution is -0.117. The smallest absolute Gasteiger partial charge is 0.350 e. The van der Waals surface area contributed by atoms with Gasteiger partial charge in [-0.15, -0.1) is 11.3 Å². The van der Waals surface area contributed by atoms with E-state index in [2.05, 4.69) is 10.1 Å². The van der Waals surface area contributed by atoms with Gasteiger partial charge in [-0.25, -0.2) is 4.79 Å². The molecule has 6 nitrogen and oxygen atoms in total. The van der Waals surface area contributed by atoms with E-state index in [0.717, 1.165) is 5.75 Å². The Labute approximate surface area is 145 Å². The molecule has 0 saturated heterocycles. The van der Waals surface area contributed by atoms with Gasteiger partial charge in [0.05, 0.1) is 19.3 Å². The molecule has 1 aromatic heterocycles. The summed E-state index contributed by atoms with van der Waals surface area (Å²) in [7, 11) is 3.15. The summed E-state index contributed by atoms with van der Waals surface area (Å²) >= 11 is 1.23. The summed E-state index contributed by atoms with van der Waals surface area (Å²) in [6.07, 6.45) is 0. The highest BCUT2D eigenvalue weighted by Gasteiger charge is 2.16. The van der Waals surface area contributed by atoms with Gasteiger partial charge >= 0.3 is 5.97 Å². The lowest BCUT2D eigenvalue weighted by Gasteiger charge is -2.16. The summed E-state index contributed by atoms with van der Waals surface area (Å²) in [5, 5.41) is 4.47. The molecule has 0 bridgehead atoms. The number of benzene rings is 1. The number of esters is 1. The number of rotatable bonds is 8. The number of methoxy groups -OCH3 is 1. The van der Waals surface area contributed by atoms with Crippen molar-refractivity contribution in [3.8, 4) is 5.75 Å². The van der Waals surface area contributed by atoms with Crippen LogP contribution in [0.2, 0.25) is 0 Å². The Bertz CT molecular complexity index is 672. The summed E-state index contributed by atoms with van der Waals surface area (Å²) in [6, 6.07) is 11.2. The third-order valence-corrected chi connectivity index (χ3v) is 4.10. The second-order valence-corrected chi connectivity index (χ2v) is 6.02. The van der Waals surface area contributed by atoms with E-state index in [1.54, 1.807) is 11.4 Å². The first-order valence-corrected chi connectivity index (χ1v) is 8.30. The van der Waals surface area contributed by atoms with Crippen LogP contribution in [0.25, 0.3) is 0 Å². The van der Waals surface area contributed by atoms with Crippen LogP contribution in [-0.2, 0) is 9.53 Å². The molecule has 0 aliphatic carbocycles. The molecule has 0 atom stereocenters. The van der Waals surface area contributed by atoms with Crippen molar-refractivity contribution in [3.63, 3.8) is 0 Å². The number of hydrogen-bond acceptors (Lipinski definition) is 6. The second kappa shape index (κ2) is 9.05. The Morgan fingerprint density at radius 2 is 1.96 bits per heavy atom. The topological polar surface area (TPSA) is 67.9 Å². The fourth-order valence-corrected chi connectivity index (χ4v) is 2.77. The molecule has 1 amide bonds. The highest BCUT2D eigenvalue weighted by molar-refractivity contribution is 7.12. The monoisotopic (exact) mass is 348 g/mol. The van der Waals surface area contributed by atoms with Gasteiger partial charge in [0.25, 0.3) is 0 Å². The molecule has 0 aliphatic heterocycles. The quantitative estimate of drug-likeness (QED) is 0.743. The first kappa shape index (κ1) is 18.0. The molecule has 0 spiro atoms. The summed E-state index contributed by atoms with van der Waals surface area (Å²) in [5.74, 6) is 0.155. The van der Waals surface area contributed by atoms with E-state index in [4.69, 9.17) is 4.74 Å². The molecule has 0 fully saturated rings. The van der Waals surface area contributed by atoms with Crippen molar-refractivity contribution in [2.45, 2.75) is 0 Å². The van der Waals surface area contributed by atoms with Crippen LogP contribution >= 0.6 is 11.3 Å². The van der Waals surface area contributed by atoms with Crippen LogP contribution in [0.15, 0.2) is 41.8 Å². The zero-order chi connectivity index (χ0) is 17.4. The normalized spacial score (nSPS) is 10.5. The van der Waals surface area contributed by atoms with Crippen LogP contribution in [0, 0.1) is 0 Å². The molecule has 1 aromatic carbocycles. The average molecular weight is 348 g/mol. The molecule has 7 heteroatoms. The summed E-state index contributed by atoms with van der Waals surface area (Å²) in [4.78, 5) is 25.9. The molecule has 128 valence electrons. The van der Waals surface area contributed by atoms with Crippen molar-refractivity contribution in [1.82, 2.24) is 4.90 Å². The van der Waals surface area contributed by atoms with Crippen LogP contribution in [0.5, 0.6) is 5.75 Å². The molecule has 1 heterocycles. The number of nitrogens with one attached hydrogen (secondary N) is 1. The maximum absolute atomic E-state index is 12.1. The van der Waals surface area contributed by atoms with E-state index in [0.29, 0.717) is 23.7 Å². The van der Waals surface area contributed by atoms with E-state index in [1.165, 1.54) is 18.4 Å². The highest BCUT2D eigenvalue weighted by Crippen LogP contribution is 2.22. The summed E-state index contributed by atoms with van der Waals surface area (Å²) < 4.78 is 10.3. The number of amides is 1. The predicted octanol–water partition coefficient (Wildman–Crippen LogP) is 2.48. The number of thiophene rings is 1. The Balaban J connectivity index is 1.76. The van der Waals surface area contributed by atoms with Gasteiger partial charge in [0.15, 0.2) is 0 Å². The van der Waals surface area contributed by atoms with Gasteiger partial charge in [-0.1, -0.05) is 18.2 Å². The maximum atomic E-state index is 12.1. The van der Waals surface area contributed by atoms with Gasteiger partial charge in [-0.2, -0.15) is 0 Å². The van der Waals surface area contributed by atoms with E-state index in [1.807, 2.05) is 42.3 Å². The zero-order valence-corrected chi connectivity index (χ0v) is 14.5. The first-order chi connectivity index (χ1) is 11.6. The molecule has 0 aliphatic rings. The molecular weight excluding hydrogens is 328 g/mol. The number of ether oxygens (including phenoxy) is 2. The van der Waals surface area contributed by atoms with Crippen molar-refractivity contribution in [2.24, 2.45) is 0 Å². The van der Waals surface area contributed by atoms with Crippen LogP contribution in [0.3, 0.4) is 0 Å². The third kappa shape index (κ3) is 5.36. The minimum absolute atomic E-state index is 0.194. The van der Waals surface area contributed by atoms with Gasteiger partial charge in [0.2, 0.25) is 5.91 Å². The lowest BCUT2D eigenvalue weighted by atomic mass is 10.3. The van der Waals surface area contributed by atoms with E-state index in [-0.39, 0.29) is 12.5 Å². The molecule has 0 unspecified atom stereocenters. The fourth-order valence-electron chi connectivity index (χ4n) is 2.01. The predicted molar refractivity (Wildman–Crippen MR) is 93.7 cm³/mol. The lowest BCUT2D eigenvalue weighted by Crippen LogP contribution is -2.33. The largest absolute Gasteiger partial charge is 0.492 e. The number of carbonyl (C=O) groups is 2. The molecular formula is C17H20N2O4S. The Morgan fingerprint density at radius 3 is 2.67 bits per heavy atom. The number of nitrogens with zero attached hydrogens (tertiary/aromatic N) is 1. The Kier molecular flexibility index (Phi) is 6.77. The highest BCUT2D eigenvalue weighted by atomic mass is 32.1. The Hall–Kier alpha value is -2.38. The second-order valence-electron chi connectivity index (χ2n) is 5.10. The van der Waals surface area contributed by atoms with Crippen molar-refractivity contribution in [2.75, 3.05) is 39.2 Å². The molecule has 0 saturated carbocycles. The van der Waals surface area contributed by atoms with Gasteiger partial charge in [0, 0.05) is 6.54 Å².